The third-order valence-electron chi connectivity index (χ3n) is 4.09. The molecule has 0 aromatic heterocycles. The molecule has 1 aromatic rings. The van der Waals surface area contributed by atoms with E-state index in [1.165, 1.54) is 0 Å². The van der Waals surface area contributed by atoms with Gasteiger partial charge in [0.1, 0.15) is 5.75 Å². The van der Waals surface area contributed by atoms with Gasteiger partial charge in [-0.1, -0.05) is 31.5 Å². The Morgan fingerprint density at radius 3 is 2.76 bits per heavy atom. The van der Waals surface area contributed by atoms with E-state index in [1.807, 2.05) is 24.3 Å². The van der Waals surface area contributed by atoms with Crippen molar-refractivity contribution in [2.24, 2.45) is 0 Å². The van der Waals surface area contributed by atoms with E-state index in [1.54, 1.807) is 7.11 Å². The molecule has 0 spiro atoms. The van der Waals surface area contributed by atoms with Gasteiger partial charge in [0.2, 0.25) is 0 Å². The number of hydrogen-bond acceptors (Lipinski definition) is 4. The van der Waals surface area contributed by atoms with Crippen LogP contribution in [-0.2, 0) is 9.84 Å². The van der Waals surface area contributed by atoms with Gasteiger partial charge in [-0.15, -0.1) is 0 Å². The normalized spacial score (nSPS) is 22.7. The molecule has 1 aromatic carbocycles. The lowest BCUT2D eigenvalue weighted by Crippen LogP contribution is -2.41. The first kappa shape index (κ1) is 16.3. The van der Waals surface area contributed by atoms with E-state index in [4.69, 9.17) is 4.74 Å². The summed E-state index contributed by atoms with van der Waals surface area (Å²) in [6, 6.07) is 7.52. The number of rotatable bonds is 6. The molecular formula is C16H25NO3S. The Morgan fingerprint density at radius 2 is 2.10 bits per heavy atom. The fourth-order valence-electron chi connectivity index (χ4n) is 3.02. The Bertz CT molecular complexity index is 556. The molecule has 0 saturated carbocycles. The highest BCUT2D eigenvalue weighted by Gasteiger charge is 2.37. The van der Waals surface area contributed by atoms with Crippen molar-refractivity contribution in [3.8, 4) is 5.75 Å². The summed E-state index contributed by atoms with van der Waals surface area (Å²) in [4.78, 5) is 0. The summed E-state index contributed by atoms with van der Waals surface area (Å²) in [6.07, 6.45) is 3.45. The summed E-state index contributed by atoms with van der Waals surface area (Å²) < 4.78 is 30.4. The molecular weight excluding hydrogens is 286 g/mol. The first-order valence-corrected chi connectivity index (χ1v) is 9.39. The van der Waals surface area contributed by atoms with Crippen LogP contribution in [0.15, 0.2) is 24.3 Å². The molecule has 1 aliphatic heterocycles. The van der Waals surface area contributed by atoms with Gasteiger partial charge in [0.25, 0.3) is 0 Å². The molecule has 0 amide bonds. The number of methoxy groups -OCH3 is 1. The van der Waals surface area contributed by atoms with Gasteiger partial charge in [-0.2, -0.15) is 0 Å². The minimum Gasteiger partial charge on any atom is -0.496 e. The van der Waals surface area contributed by atoms with Crippen LogP contribution in [0.1, 0.15) is 44.2 Å². The van der Waals surface area contributed by atoms with Gasteiger partial charge in [-0.05, 0) is 31.9 Å². The van der Waals surface area contributed by atoms with Crippen LogP contribution in [0.4, 0.5) is 0 Å². The van der Waals surface area contributed by atoms with Crippen LogP contribution in [0.25, 0.3) is 0 Å². The molecule has 1 aliphatic rings. The van der Waals surface area contributed by atoms with Gasteiger partial charge < -0.3 is 10.1 Å². The molecule has 1 fully saturated rings. The first-order valence-electron chi connectivity index (χ1n) is 7.68. The van der Waals surface area contributed by atoms with Crippen LogP contribution in [0.3, 0.4) is 0 Å². The Morgan fingerprint density at radius 1 is 1.33 bits per heavy atom. The smallest absolute Gasteiger partial charge is 0.155 e. The molecule has 0 aliphatic carbocycles. The molecule has 2 atom stereocenters. The van der Waals surface area contributed by atoms with Crippen LogP contribution >= 0.6 is 0 Å². The third kappa shape index (κ3) is 3.77. The van der Waals surface area contributed by atoms with E-state index >= 15 is 0 Å². The monoisotopic (exact) mass is 311 g/mol. The van der Waals surface area contributed by atoms with E-state index in [-0.39, 0.29) is 11.3 Å². The van der Waals surface area contributed by atoms with Crippen molar-refractivity contribution in [1.82, 2.24) is 5.32 Å². The highest BCUT2D eigenvalue weighted by atomic mass is 32.2. The highest BCUT2D eigenvalue weighted by Crippen LogP contribution is 2.34. The van der Waals surface area contributed by atoms with Gasteiger partial charge >= 0.3 is 0 Å². The van der Waals surface area contributed by atoms with E-state index < -0.39 is 9.84 Å². The zero-order chi connectivity index (χ0) is 15.3. The van der Waals surface area contributed by atoms with Gasteiger partial charge in [-0.25, -0.2) is 8.42 Å². The lowest BCUT2D eigenvalue weighted by Gasteiger charge is -2.32. The molecule has 21 heavy (non-hydrogen) atoms. The standard InChI is InChI=1S/C16H25NO3S/c1-3-11-17-16(13-8-4-5-9-14(13)20-2)15-10-6-7-12-21(15,18)19/h4-5,8-9,15-17H,3,6-7,10-12H2,1-2H3. The molecule has 5 heteroatoms. The Hall–Kier alpha value is -1.07. The van der Waals surface area contributed by atoms with E-state index in [0.29, 0.717) is 5.75 Å². The second-order valence-electron chi connectivity index (χ2n) is 5.57. The predicted octanol–water partition coefficient (Wildman–Crippen LogP) is 2.70. The summed E-state index contributed by atoms with van der Waals surface area (Å²) in [5.41, 5.74) is 0.948. The predicted molar refractivity (Wildman–Crippen MR) is 85.5 cm³/mol. The Kier molecular flexibility index (Phi) is 5.65. The maximum atomic E-state index is 12.5. The Labute approximate surface area is 127 Å². The zero-order valence-corrected chi connectivity index (χ0v) is 13.7. The fraction of sp³-hybridized carbons (Fsp3) is 0.625. The summed E-state index contributed by atoms with van der Waals surface area (Å²) in [5, 5.41) is 3.07. The van der Waals surface area contributed by atoms with Crippen LogP contribution in [-0.4, -0.2) is 33.1 Å². The SMILES string of the molecule is CCCNC(c1ccccc1OC)C1CCCCS1(=O)=O. The molecule has 4 nitrogen and oxygen atoms in total. The van der Waals surface area contributed by atoms with Crippen molar-refractivity contribution in [2.75, 3.05) is 19.4 Å². The minimum absolute atomic E-state index is 0.189. The third-order valence-corrected chi connectivity index (χ3v) is 6.38. The largest absolute Gasteiger partial charge is 0.496 e. The number of sulfone groups is 1. The Balaban J connectivity index is 2.37. The number of nitrogens with one attached hydrogen (secondary N) is 1. The minimum atomic E-state index is -3.04. The average molecular weight is 311 g/mol. The zero-order valence-electron chi connectivity index (χ0n) is 12.8. The van der Waals surface area contributed by atoms with E-state index in [2.05, 4.69) is 12.2 Å². The van der Waals surface area contributed by atoms with Crippen molar-refractivity contribution in [2.45, 2.75) is 43.9 Å². The van der Waals surface area contributed by atoms with Crippen LogP contribution in [0.5, 0.6) is 5.75 Å². The van der Waals surface area contributed by atoms with Gasteiger partial charge in [0.05, 0.1) is 24.2 Å². The highest BCUT2D eigenvalue weighted by molar-refractivity contribution is 7.92. The quantitative estimate of drug-likeness (QED) is 0.877. The average Bonchev–Trinajstić information content (AvgIpc) is 2.49. The maximum Gasteiger partial charge on any atom is 0.155 e. The maximum absolute atomic E-state index is 12.5. The van der Waals surface area contributed by atoms with Crippen LogP contribution in [0.2, 0.25) is 0 Å². The first-order chi connectivity index (χ1) is 10.1. The summed E-state index contributed by atoms with van der Waals surface area (Å²) in [5.74, 6) is 1.06. The summed E-state index contributed by atoms with van der Waals surface area (Å²) in [7, 11) is -1.41. The van der Waals surface area contributed by atoms with Crippen molar-refractivity contribution < 1.29 is 13.2 Å². The number of hydrogen-bond donors (Lipinski definition) is 1. The molecule has 1 heterocycles. The molecule has 1 saturated heterocycles. The van der Waals surface area contributed by atoms with Crippen molar-refractivity contribution >= 4 is 9.84 Å². The molecule has 2 unspecified atom stereocenters. The number of ether oxygens (including phenoxy) is 1. The van der Waals surface area contributed by atoms with E-state index in [9.17, 15) is 8.42 Å². The number of benzene rings is 1. The van der Waals surface area contributed by atoms with Gasteiger partial charge in [0.15, 0.2) is 9.84 Å². The second-order valence-corrected chi connectivity index (χ2v) is 7.91. The van der Waals surface area contributed by atoms with Crippen LogP contribution in [0, 0.1) is 0 Å². The van der Waals surface area contributed by atoms with Crippen molar-refractivity contribution in [3.05, 3.63) is 29.8 Å². The summed E-state index contributed by atoms with van der Waals surface area (Å²) >= 11 is 0. The van der Waals surface area contributed by atoms with Crippen molar-refractivity contribution in [3.63, 3.8) is 0 Å². The van der Waals surface area contributed by atoms with Crippen molar-refractivity contribution in [1.29, 1.82) is 0 Å². The molecule has 118 valence electrons. The van der Waals surface area contributed by atoms with Gasteiger partial charge in [-0.3, -0.25) is 0 Å². The molecule has 1 N–H and O–H groups in total. The number of para-hydroxylation sites is 1. The molecule has 0 bridgehead atoms. The summed E-state index contributed by atoms with van der Waals surface area (Å²) in [6.45, 7) is 2.89. The van der Waals surface area contributed by atoms with Gasteiger partial charge in [0, 0.05) is 5.56 Å². The fourth-order valence-corrected chi connectivity index (χ4v) is 5.11. The second kappa shape index (κ2) is 7.27. The lowest BCUT2D eigenvalue weighted by molar-refractivity contribution is 0.388. The lowest BCUT2D eigenvalue weighted by atomic mass is 9.98. The molecule has 2 rings (SSSR count). The van der Waals surface area contributed by atoms with E-state index in [0.717, 1.165) is 43.5 Å². The van der Waals surface area contributed by atoms with Crippen LogP contribution < -0.4 is 10.1 Å². The molecule has 0 radical (unpaired) electrons. The topological polar surface area (TPSA) is 55.4 Å².